The molecule has 1 aromatic heterocycles. The van der Waals surface area contributed by atoms with Crippen molar-refractivity contribution in [3.8, 4) is 5.75 Å². The first kappa shape index (κ1) is 12.0. The topological polar surface area (TPSA) is 50.9 Å². The zero-order chi connectivity index (χ0) is 12.1. The van der Waals surface area contributed by atoms with Crippen molar-refractivity contribution in [3.63, 3.8) is 0 Å². The third-order valence-corrected chi connectivity index (χ3v) is 3.31. The van der Waals surface area contributed by atoms with Gasteiger partial charge in [-0.3, -0.25) is 0 Å². The van der Waals surface area contributed by atoms with Gasteiger partial charge in [-0.15, -0.1) is 11.8 Å². The molecule has 1 N–H and O–H groups in total. The second-order valence-electron chi connectivity index (χ2n) is 3.69. The Morgan fingerprint density at radius 3 is 3.06 bits per heavy atom. The number of benzene rings is 1. The van der Waals surface area contributed by atoms with Gasteiger partial charge in [0.25, 0.3) is 0 Å². The summed E-state index contributed by atoms with van der Waals surface area (Å²) in [7, 11) is 0. The molecular weight excluding hydrogens is 234 g/mol. The summed E-state index contributed by atoms with van der Waals surface area (Å²) in [5.74, 6) is 2.04. The number of phenols is 1. The average molecular weight is 249 g/mol. The van der Waals surface area contributed by atoms with Crippen molar-refractivity contribution in [1.82, 2.24) is 14.8 Å². The van der Waals surface area contributed by atoms with Gasteiger partial charge >= 0.3 is 0 Å². The van der Waals surface area contributed by atoms with Crippen LogP contribution in [-0.2, 0) is 12.3 Å². The molecule has 0 aliphatic rings. The summed E-state index contributed by atoms with van der Waals surface area (Å²) >= 11 is 1.65. The fourth-order valence-electron chi connectivity index (χ4n) is 1.52. The largest absolute Gasteiger partial charge is 0.508 e. The average Bonchev–Trinajstić information content (AvgIpc) is 2.75. The number of phenolic OH excluding ortho intramolecular Hbond substituents is 1. The van der Waals surface area contributed by atoms with Crippen LogP contribution in [0, 0.1) is 0 Å². The van der Waals surface area contributed by atoms with Crippen molar-refractivity contribution >= 4 is 11.8 Å². The second-order valence-corrected chi connectivity index (χ2v) is 4.73. The molecule has 0 atom stereocenters. The van der Waals surface area contributed by atoms with Crippen molar-refractivity contribution in [2.24, 2.45) is 0 Å². The van der Waals surface area contributed by atoms with E-state index in [1.54, 1.807) is 30.2 Å². The molecule has 17 heavy (non-hydrogen) atoms. The van der Waals surface area contributed by atoms with Crippen LogP contribution in [0.5, 0.6) is 5.75 Å². The van der Waals surface area contributed by atoms with Crippen molar-refractivity contribution in [2.45, 2.75) is 30.5 Å². The summed E-state index contributed by atoms with van der Waals surface area (Å²) in [5, 5.41) is 13.5. The van der Waals surface area contributed by atoms with Gasteiger partial charge in [-0.05, 0) is 24.6 Å². The van der Waals surface area contributed by atoms with Crippen molar-refractivity contribution in [1.29, 1.82) is 0 Å². The lowest BCUT2D eigenvalue weighted by molar-refractivity contribution is 0.474. The molecule has 90 valence electrons. The SMILES string of the molecule is CCCn1ncnc1CSc1cccc(O)c1. The monoisotopic (exact) mass is 249 g/mol. The van der Waals surface area contributed by atoms with Crippen LogP contribution in [0.4, 0.5) is 0 Å². The fraction of sp³-hybridized carbons (Fsp3) is 0.333. The molecule has 4 nitrogen and oxygen atoms in total. The Kier molecular flexibility index (Phi) is 4.03. The zero-order valence-electron chi connectivity index (χ0n) is 9.71. The van der Waals surface area contributed by atoms with E-state index >= 15 is 0 Å². The maximum absolute atomic E-state index is 9.36. The maximum Gasteiger partial charge on any atom is 0.138 e. The Morgan fingerprint density at radius 2 is 2.29 bits per heavy atom. The smallest absolute Gasteiger partial charge is 0.138 e. The van der Waals surface area contributed by atoms with Gasteiger partial charge in [0.15, 0.2) is 0 Å². The minimum Gasteiger partial charge on any atom is -0.508 e. The van der Waals surface area contributed by atoms with Crippen LogP contribution in [0.2, 0.25) is 0 Å². The van der Waals surface area contributed by atoms with Crippen molar-refractivity contribution in [3.05, 3.63) is 36.4 Å². The molecular formula is C12H15N3OS. The first-order valence-corrected chi connectivity index (χ1v) is 6.56. The minimum absolute atomic E-state index is 0.296. The van der Waals surface area contributed by atoms with E-state index in [0.717, 1.165) is 29.4 Å². The molecule has 2 aromatic rings. The summed E-state index contributed by atoms with van der Waals surface area (Å²) < 4.78 is 1.93. The molecule has 0 bridgehead atoms. The van der Waals surface area contributed by atoms with Crippen LogP contribution in [0.25, 0.3) is 0 Å². The first-order valence-electron chi connectivity index (χ1n) is 5.58. The van der Waals surface area contributed by atoms with E-state index in [9.17, 15) is 5.11 Å². The van der Waals surface area contributed by atoms with Crippen LogP contribution >= 0.6 is 11.8 Å². The van der Waals surface area contributed by atoms with Crippen molar-refractivity contribution < 1.29 is 5.11 Å². The molecule has 0 fully saturated rings. The highest BCUT2D eigenvalue weighted by Gasteiger charge is 2.04. The van der Waals surface area contributed by atoms with Gasteiger partial charge < -0.3 is 5.11 Å². The van der Waals surface area contributed by atoms with Crippen LogP contribution in [0.15, 0.2) is 35.5 Å². The Hall–Kier alpha value is -1.49. The quantitative estimate of drug-likeness (QED) is 0.828. The molecule has 0 radical (unpaired) electrons. The summed E-state index contributed by atoms with van der Waals surface area (Å²) in [4.78, 5) is 5.28. The number of thioether (sulfide) groups is 1. The normalized spacial score (nSPS) is 10.6. The summed E-state index contributed by atoms with van der Waals surface area (Å²) in [6.45, 7) is 3.02. The van der Waals surface area contributed by atoms with E-state index in [-0.39, 0.29) is 0 Å². The Balaban J connectivity index is 1.99. The predicted octanol–water partition coefficient (Wildman–Crippen LogP) is 2.69. The molecule has 1 heterocycles. The summed E-state index contributed by atoms with van der Waals surface area (Å²) in [5.41, 5.74) is 0. The standard InChI is InChI=1S/C12H15N3OS/c1-2-6-15-12(13-9-14-15)8-17-11-5-3-4-10(16)7-11/h3-5,7,9,16H,2,6,8H2,1H3. The van der Waals surface area contributed by atoms with E-state index in [1.807, 2.05) is 16.8 Å². The minimum atomic E-state index is 0.296. The Labute approximate surface area is 105 Å². The highest BCUT2D eigenvalue weighted by molar-refractivity contribution is 7.98. The van der Waals surface area contributed by atoms with Crippen LogP contribution < -0.4 is 0 Å². The van der Waals surface area contributed by atoms with Gasteiger partial charge in [0, 0.05) is 11.4 Å². The summed E-state index contributed by atoms with van der Waals surface area (Å²) in [6.07, 6.45) is 2.64. The van der Waals surface area contributed by atoms with E-state index in [4.69, 9.17) is 0 Å². The van der Waals surface area contributed by atoms with Gasteiger partial charge in [0.05, 0.1) is 5.75 Å². The highest BCUT2D eigenvalue weighted by atomic mass is 32.2. The Morgan fingerprint density at radius 1 is 1.41 bits per heavy atom. The van der Waals surface area contributed by atoms with Crippen LogP contribution in [-0.4, -0.2) is 19.9 Å². The fourth-order valence-corrected chi connectivity index (χ4v) is 2.42. The lowest BCUT2D eigenvalue weighted by Gasteiger charge is -2.04. The van der Waals surface area contributed by atoms with E-state index in [2.05, 4.69) is 17.0 Å². The molecule has 0 saturated heterocycles. The molecule has 0 aliphatic carbocycles. The number of hydrogen-bond acceptors (Lipinski definition) is 4. The number of aromatic nitrogens is 3. The number of aryl methyl sites for hydroxylation is 1. The second kappa shape index (κ2) is 5.72. The molecule has 0 spiro atoms. The highest BCUT2D eigenvalue weighted by Crippen LogP contribution is 2.24. The van der Waals surface area contributed by atoms with Crippen LogP contribution in [0.3, 0.4) is 0 Å². The van der Waals surface area contributed by atoms with Gasteiger partial charge in [-0.1, -0.05) is 13.0 Å². The molecule has 2 rings (SSSR count). The third-order valence-electron chi connectivity index (χ3n) is 2.32. The van der Waals surface area contributed by atoms with Crippen molar-refractivity contribution in [2.75, 3.05) is 0 Å². The lowest BCUT2D eigenvalue weighted by atomic mass is 10.3. The van der Waals surface area contributed by atoms with E-state index in [0.29, 0.717) is 5.75 Å². The number of hydrogen-bond donors (Lipinski definition) is 1. The molecule has 0 saturated carbocycles. The van der Waals surface area contributed by atoms with Crippen LogP contribution in [0.1, 0.15) is 19.2 Å². The van der Waals surface area contributed by atoms with Gasteiger partial charge in [0.2, 0.25) is 0 Å². The van der Waals surface area contributed by atoms with E-state index in [1.165, 1.54) is 0 Å². The Bertz CT molecular complexity index is 484. The molecule has 0 aliphatic heterocycles. The summed E-state index contributed by atoms with van der Waals surface area (Å²) in [6, 6.07) is 7.24. The molecule has 0 unspecified atom stereocenters. The van der Waals surface area contributed by atoms with Gasteiger partial charge in [0.1, 0.15) is 17.9 Å². The molecule has 0 amide bonds. The van der Waals surface area contributed by atoms with Gasteiger partial charge in [-0.25, -0.2) is 9.67 Å². The lowest BCUT2D eigenvalue weighted by Crippen LogP contribution is -2.03. The molecule has 5 heteroatoms. The van der Waals surface area contributed by atoms with E-state index < -0.39 is 0 Å². The number of rotatable bonds is 5. The number of aromatic hydroxyl groups is 1. The predicted molar refractivity (Wildman–Crippen MR) is 68.0 cm³/mol. The van der Waals surface area contributed by atoms with Gasteiger partial charge in [-0.2, -0.15) is 5.10 Å². The molecule has 1 aromatic carbocycles. The number of nitrogens with zero attached hydrogens (tertiary/aromatic N) is 3. The first-order chi connectivity index (χ1) is 8.29. The third kappa shape index (κ3) is 3.23. The maximum atomic E-state index is 9.36. The zero-order valence-corrected chi connectivity index (χ0v) is 10.5.